The topological polar surface area (TPSA) is 88.2 Å². The number of nitrogens with zero attached hydrogens (tertiary/aromatic N) is 2. The normalized spacial score (nSPS) is 14.8. The fourth-order valence-electron chi connectivity index (χ4n) is 3.53. The van der Waals surface area contributed by atoms with Gasteiger partial charge in [0.2, 0.25) is 10.0 Å². The van der Waals surface area contributed by atoms with Crippen LogP contribution in [0.25, 0.3) is 0 Å². The van der Waals surface area contributed by atoms with Crippen LogP contribution in [0.1, 0.15) is 16.8 Å². The average molecular weight is 448 g/mol. The molecule has 1 saturated heterocycles. The summed E-state index contributed by atoms with van der Waals surface area (Å²) in [6, 6.07) is 14.9. The van der Waals surface area contributed by atoms with Gasteiger partial charge in [-0.25, -0.2) is 8.42 Å². The van der Waals surface area contributed by atoms with Crippen molar-refractivity contribution in [2.45, 2.75) is 6.42 Å². The van der Waals surface area contributed by atoms with Gasteiger partial charge in [0.25, 0.3) is 5.91 Å². The Labute approximate surface area is 183 Å². The molecule has 0 bridgehead atoms. The van der Waals surface area contributed by atoms with Gasteiger partial charge in [0.15, 0.2) is 0 Å². The number of ether oxygens (including phenoxy) is 2. The van der Waals surface area contributed by atoms with Crippen molar-refractivity contribution < 1.29 is 22.7 Å². The zero-order valence-electron chi connectivity index (χ0n) is 17.9. The number of piperazine rings is 1. The van der Waals surface area contributed by atoms with Gasteiger partial charge in [0.1, 0.15) is 11.5 Å². The van der Waals surface area contributed by atoms with Crippen molar-refractivity contribution in [2.75, 3.05) is 57.6 Å². The van der Waals surface area contributed by atoms with Crippen LogP contribution in [0.5, 0.6) is 11.5 Å². The average Bonchev–Trinajstić information content (AvgIpc) is 2.82. The van der Waals surface area contributed by atoms with Gasteiger partial charge in [0.05, 0.1) is 25.5 Å². The Morgan fingerprint density at radius 2 is 1.71 bits per heavy atom. The smallest absolute Gasteiger partial charge is 0.255 e. The Morgan fingerprint density at radius 1 is 1.00 bits per heavy atom. The molecule has 0 saturated carbocycles. The van der Waals surface area contributed by atoms with Gasteiger partial charge in [-0.05, 0) is 30.7 Å². The maximum Gasteiger partial charge on any atom is 0.255 e. The third kappa shape index (κ3) is 5.89. The molecule has 1 aliphatic heterocycles. The van der Waals surface area contributed by atoms with Crippen LogP contribution >= 0.6 is 0 Å². The molecule has 9 heteroatoms. The van der Waals surface area contributed by atoms with Gasteiger partial charge in [-0.2, -0.15) is 4.31 Å². The van der Waals surface area contributed by atoms with E-state index in [9.17, 15) is 13.2 Å². The van der Waals surface area contributed by atoms with E-state index >= 15 is 0 Å². The molecular weight excluding hydrogens is 418 g/mol. The largest absolute Gasteiger partial charge is 0.497 e. The van der Waals surface area contributed by atoms with Gasteiger partial charge in [-0.3, -0.25) is 4.79 Å². The highest BCUT2D eigenvalue weighted by atomic mass is 32.2. The Balaban J connectivity index is 1.45. The molecule has 1 heterocycles. The van der Waals surface area contributed by atoms with Crippen LogP contribution < -0.4 is 19.7 Å². The number of nitrogens with one attached hydrogen (secondary N) is 1. The standard InChI is InChI=1S/C22H29N3O5S/c1-29-19-9-10-20(21(17-19)30-2)22(26)23-11-6-16-31(27,28)25-14-12-24(13-15-25)18-7-4-3-5-8-18/h3-5,7-10,17H,6,11-16H2,1-2H3,(H,23,26). The molecule has 1 fully saturated rings. The molecular formula is C22H29N3O5S. The lowest BCUT2D eigenvalue weighted by atomic mass is 10.1. The van der Waals surface area contributed by atoms with Gasteiger partial charge in [-0.15, -0.1) is 0 Å². The van der Waals surface area contributed by atoms with E-state index in [-0.39, 0.29) is 18.2 Å². The lowest BCUT2D eigenvalue weighted by Gasteiger charge is -2.35. The summed E-state index contributed by atoms with van der Waals surface area (Å²) in [5, 5.41) is 2.76. The number of anilines is 1. The van der Waals surface area contributed by atoms with E-state index in [4.69, 9.17) is 9.47 Å². The zero-order chi connectivity index (χ0) is 22.3. The van der Waals surface area contributed by atoms with Gasteiger partial charge in [-0.1, -0.05) is 18.2 Å². The van der Waals surface area contributed by atoms with Gasteiger partial charge < -0.3 is 19.7 Å². The first-order chi connectivity index (χ1) is 14.9. The molecule has 0 radical (unpaired) electrons. The maximum atomic E-state index is 12.7. The van der Waals surface area contributed by atoms with Crippen molar-refractivity contribution in [3.63, 3.8) is 0 Å². The molecule has 0 atom stereocenters. The first-order valence-corrected chi connectivity index (χ1v) is 11.8. The number of carbonyl (C=O) groups is 1. The summed E-state index contributed by atoms with van der Waals surface area (Å²) in [5.41, 5.74) is 1.49. The van der Waals surface area contributed by atoms with E-state index in [0.29, 0.717) is 49.7 Å². The van der Waals surface area contributed by atoms with E-state index in [1.807, 2.05) is 30.3 Å². The number of amides is 1. The molecule has 0 unspecified atom stereocenters. The Hall–Kier alpha value is -2.78. The monoisotopic (exact) mass is 447 g/mol. The summed E-state index contributed by atoms with van der Waals surface area (Å²) in [6.07, 6.45) is 0.339. The first kappa shape index (κ1) is 22.9. The number of hydrogen-bond acceptors (Lipinski definition) is 6. The predicted molar refractivity (Wildman–Crippen MR) is 121 cm³/mol. The minimum Gasteiger partial charge on any atom is -0.497 e. The highest BCUT2D eigenvalue weighted by Gasteiger charge is 2.26. The Kier molecular flexibility index (Phi) is 7.75. The van der Waals surface area contributed by atoms with Crippen LogP contribution in [0.4, 0.5) is 5.69 Å². The maximum absolute atomic E-state index is 12.7. The number of hydrogen-bond donors (Lipinski definition) is 1. The number of rotatable bonds is 9. The second kappa shape index (κ2) is 10.5. The van der Waals surface area contributed by atoms with Crippen LogP contribution in [0, 0.1) is 0 Å². The molecule has 2 aromatic carbocycles. The molecule has 1 N–H and O–H groups in total. The van der Waals surface area contributed by atoms with E-state index in [0.717, 1.165) is 5.69 Å². The highest BCUT2D eigenvalue weighted by Crippen LogP contribution is 2.24. The summed E-state index contributed by atoms with van der Waals surface area (Å²) < 4.78 is 37.3. The molecule has 8 nitrogen and oxygen atoms in total. The fraction of sp³-hybridized carbons (Fsp3) is 0.409. The van der Waals surface area contributed by atoms with Crippen LogP contribution in [-0.4, -0.2) is 71.3 Å². The number of para-hydroxylation sites is 1. The molecule has 0 spiro atoms. The molecule has 1 aliphatic rings. The van der Waals surface area contributed by atoms with Gasteiger partial charge in [0, 0.05) is 44.5 Å². The van der Waals surface area contributed by atoms with Crippen molar-refractivity contribution in [3.05, 3.63) is 54.1 Å². The van der Waals surface area contributed by atoms with Gasteiger partial charge >= 0.3 is 0 Å². The molecule has 168 valence electrons. The Bertz CT molecular complexity index is 974. The van der Waals surface area contributed by atoms with E-state index in [1.54, 1.807) is 22.5 Å². The van der Waals surface area contributed by atoms with Crippen LogP contribution in [0.15, 0.2) is 48.5 Å². The predicted octanol–water partition coefficient (Wildman–Crippen LogP) is 1.98. The lowest BCUT2D eigenvalue weighted by Crippen LogP contribution is -2.49. The fourth-order valence-corrected chi connectivity index (χ4v) is 5.02. The SMILES string of the molecule is COc1ccc(C(=O)NCCCS(=O)(=O)N2CCN(c3ccccc3)CC2)c(OC)c1. The highest BCUT2D eigenvalue weighted by molar-refractivity contribution is 7.89. The second-order valence-electron chi connectivity index (χ2n) is 7.21. The number of benzene rings is 2. The summed E-state index contributed by atoms with van der Waals surface area (Å²) in [4.78, 5) is 14.6. The third-order valence-corrected chi connectivity index (χ3v) is 7.23. The van der Waals surface area contributed by atoms with Crippen molar-refractivity contribution in [3.8, 4) is 11.5 Å². The molecule has 31 heavy (non-hydrogen) atoms. The molecule has 0 aromatic heterocycles. The van der Waals surface area contributed by atoms with Crippen molar-refractivity contribution in [2.24, 2.45) is 0 Å². The molecule has 3 rings (SSSR count). The summed E-state index contributed by atoms with van der Waals surface area (Å²) in [6.45, 7) is 2.52. The van der Waals surface area contributed by atoms with E-state index < -0.39 is 10.0 Å². The summed E-state index contributed by atoms with van der Waals surface area (Å²) in [5.74, 6) is 0.680. The summed E-state index contributed by atoms with van der Waals surface area (Å²) >= 11 is 0. The van der Waals surface area contributed by atoms with E-state index in [2.05, 4.69) is 10.2 Å². The molecule has 2 aromatic rings. The Morgan fingerprint density at radius 3 is 2.35 bits per heavy atom. The third-order valence-electron chi connectivity index (χ3n) is 5.27. The lowest BCUT2D eigenvalue weighted by molar-refractivity contribution is 0.0950. The minimum absolute atomic E-state index is 0.00162. The zero-order valence-corrected chi connectivity index (χ0v) is 18.7. The van der Waals surface area contributed by atoms with Crippen molar-refractivity contribution in [1.82, 2.24) is 9.62 Å². The van der Waals surface area contributed by atoms with Crippen LogP contribution in [0.3, 0.4) is 0 Å². The summed E-state index contributed by atoms with van der Waals surface area (Å²) in [7, 11) is -0.339. The first-order valence-electron chi connectivity index (χ1n) is 10.2. The van der Waals surface area contributed by atoms with E-state index in [1.165, 1.54) is 14.2 Å². The van der Waals surface area contributed by atoms with Crippen molar-refractivity contribution in [1.29, 1.82) is 0 Å². The van der Waals surface area contributed by atoms with Crippen LogP contribution in [-0.2, 0) is 10.0 Å². The number of carbonyl (C=O) groups excluding carboxylic acids is 1. The molecule has 1 amide bonds. The minimum atomic E-state index is -3.36. The quantitative estimate of drug-likeness (QED) is 0.592. The van der Waals surface area contributed by atoms with Crippen LogP contribution in [0.2, 0.25) is 0 Å². The van der Waals surface area contributed by atoms with Crippen molar-refractivity contribution >= 4 is 21.6 Å². The molecule has 0 aliphatic carbocycles. The number of methoxy groups -OCH3 is 2. The number of sulfonamides is 1. The second-order valence-corrected chi connectivity index (χ2v) is 9.30.